The van der Waals surface area contributed by atoms with E-state index in [1.54, 1.807) is 0 Å². The summed E-state index contributed by atoms with van der Waals surface area (Å²) in [7, 11) is 0. The molecule has 0 aliphatic heterocycles. The minimum Gasteiger partial charge on any atom is -0.462 e. The molecule has 0 aromatic heterocycles. The first-order chi connectivity index (χ1) is 25.9. The first-order valence-corrected chi connectivity index (χ1v) is 23.4. The predicted molar refractivity (Wildman–Crippen MR) is 224 cm³/mol. The monoisotopic (exact) mass is 751 g/mol. The molecule has 0 radical (unpaired) electrons. The minimum absolute atomic E-state index is 0.0643. The van der Waals surface area contributed by atoms with Gasteiger partial charge < -0.3 is 14.2 Å². The van der Waals surface area contributed by atoms with Crippen LogP contribution in [0.4, 0.5) is 0 Å². The van der Waals surface area contributed by atoms with Gasteiger partial charge in [0.15, 0.2) is 6.10 Å². The van der Waals surface area contributed by atoms with Crippen LogP contribution in [0.5, 0.6) is 0 Å². The molecule has 314 valence electrons. The Morgan fingerprint density at radius 2 is 0.623 bits per heavy atom. The maximum atomic E-state index is 12.6. The van der Waals surface area contributed by atoms with Crippen molar-refractivity contribution in [2.75, 3.05) is 13.2 Å². The molecule has 0 heterocycles. The molecule has 6 heteroatoms. The van der Waals surface area contributed by atoms with Crippen molar-refractivity contribution in [3.63, 3.8) is 0 Å². The fraction of sp³-hybridized carbons (Fsp3) is 0.936. The molecule has 0 bridgehead atoms. The van der Waals surface area contributed by atoms with Crippen LogP contribution in [0, 0.1) is 5.92 Å². The molecule has 0 unspecified atom stereocenters. The molecule has 0 aromatic carbocycles. The zero-order valence-corrected chi connectivity index (χ0v) is 36.0. The lowest BCUT2D eigenvalue weighted by atomic mass is 10.0. The lowest BCUT2D eigenvalue weighted by Crippen LogP contribution is -2.30. The van der Waals surface area contributed by atoms with E-state index in [4.69, 9.17) is 14.2 Å². The number of unbranched alkanes of at least 4 members (excludes halogenated alkanes) is 29. The quantitative estimate of drug-likeness (QED) is 0.0351. The van der Waals surface area contributed by atoms with Crippen molar-refractivity contribution in [3.05, 3.63) is 0 Å². The Hall–Kier alpha value is -1.59. The summed E-state index contributed by atoms with van der Waals surface area (Å²) in [4.78, 5) is 37.6. The van der Waals surface area contributed by atoms with Gasteiger partial charge in [-0.2, -0.15) is 0 Å². The van der Waals surface area contributed by atoms with Crippen LogP contribution in [0.3, 0.4) is 0 Å². The van der Waals surface area contributed by atoms with E-state index in [1.807, 2.05) is 0 Å². The molecule has 0 fully saturated rings. The van der Waals surface area contributed by atoms with Crippen LogP contribution >= 0.6 is 0 Å². The van der Waals surface area contributed by atoms with E-state index in [0.29, 0.717) is 19.3 Å². The van der Waals surface area contributed by atoms with Gasteiger partial charge in [0.1, 0.15) is 13.2 Å². The van der Waals surface area contributed by atoms with E-state index in [2.05, 4.69) is 27.7 Å². The summed E-state index contributed by atoms with van der Waals surface area (Å²) in [5, 5.41) is 0. The Morgan fingerprint density at radius 3 is 0.925 bits per heavy atom. The van der Waals surface area contributed by atoms with Crippen molar-refractivity contribution in [2.24, 2.45) is 5.92 Å². The van der Waals surface area contributed by atoms with Crippen LogP contribution in [-0.2, 0) is 28.6 Å². The number of carbonyl (C=O) groups excluding carboxylic acids is 3. The van der Waals surface area contributed by atoms with Crippen LogP contribution in [0.1, 0.15) is 259 Å². The summed E-state index contributed by atoms with van der Waals surface area (Å²) in [5.74, 6) is -0.0512. The maximum Gasteiger partial charge on any atom is 0.306 e. The zero-order chi connectivity index (χ0) is 38.9. The van der Waals surface area contributed by atoms with Gasteiger partial charge in [0.25, 0.3) is 0 Å². The summed E-state index contributed by atoms with van der Waals surface area (Å²) in [6.45, 7) is 8.94. The lowest BCUT2D eigenvalue weighted by molar-refractivity contribution is -0.167. The fourth-order valence-corrected chi connectivity index (χ4v) is 6.98. The van der Waals surface area contributed by atoms with Crippen molar-refractivity contribution < 1.29 is 28.6 Å². The van der Waals surface area contributed by atoms with E-state index in [0.717, 1.165) is 63.7 Å². The molecular weight excluding hydrogens is 661 g/mol. The molecule has 0 saturated carbocycles. The molecule has 0 rings (SSSR count). The van der Waals surface area contributed by atoms with Crippen LogP contribution in [0.15, 0.2) is 0 Å². The van der Waals surface area contributed by atoms with Gasteiger partial charge in [0.05, 0.1) is 0 Å². The van der Waals surface area contributed by atoms with Gasteiger partial charge in [-0.05, 0) is 25.2 Å². The second kappa shape index (κ2) is 41.6. The van der Waals surface area contributed by atoms with Crippen LogP contribution in [0.25, 0.3) is 0 Å². The lowest BCUT2D eigenvalue weighted by Gasteiger charge is -2.18. The first kappa shape index (κ1) is 51.4. The minimum atomic E-state index is -0.758. The molecule has 0 spiro atoms. The Labute approximate surface area is 329 Å². The molecule has 0 aliphatic carbocycles. The van der Waals surface area contributed by atoms with Gasteiger partial charge in [-0.3, -0.25) is 14.4 Å². The third-order valence-electron chi connectivity index (χ3n) is 10.5. The van der Waals surface area contributed by atoms with Crippen LogP contribution < -0.4 is 0 Å². The number of ether oxygens (including phenoxy) is 3. The Bertz CT molecular complexity index is 796. The van der Waals surface area contributed by atoms with Gasteiger partial charge in [-0.1, -0.05) is 220 Å². The van der Waals surface area contributed by atoms with E-state index in [9.17, 15) is 14.4 Å². The van der Waals surface area contributed by atoms with Crippen LogP contribution in [-0.4, -0.2) is 37.2 Å². The second-order valence-corrected chi connectivity index (χ2v) is 16.5. The fourth-order valence-electron chi connectivity index (χ4n) is 6.98. The maximum absolute atomic E-state index is 12.6. The number of carbonyl (C=O) groups is 3. The Balaban J connectivity index is 4.20. The highest BCUT2D eigenvalue weighted by Gasteiger charge is 2.19. The van der Waals surface area contributed by atoms with Crippen molar-refractivity contribution >= 4 is 17.9 Å². The molecule has 0 amide bonds. The second-order valence-electron chi connectivity index (χ2n) is 16.5. The number of hydrogen-bond acceptors (Lipinski definition) is 6. The molecule has 0 saturated heterocycles. The van der Waals surface area contributed by atoms with Gasteiger partial charge in [-0.15, -0.1) is 0 Å². The molecular formula is C47H90O6. The van der Waals surface area contributed by atoms with E-state index in [-0.39, 0.29) is 31.1 Å². The third kappa shape index (κ3) is 41.4. The highest BCUT2D eigenvalue weighted by Crippen LogP contribution is 2.16. The van der Waals surface area contributed by atoms with Crippen molar-refractivity contribution in [1.82, 2.24) is 0 Å². The standard InChI is InChI=1S/C47H90O6/c1-5-7-9-11-13-14-15-16-17-18-19-20-23-27-30-34-38-45(48)51-41-44(53-47(50)40-36-32-25-12-10-8-6-2)42-52-46(49)39-35-31-28-24-21-22-26-29-33-37-43(3)4/h43-44H,5-42H2,1-4H3/t44-/m1/s1. The largest absolute Gasteiger partial charge is 0.462 e. The number of hydrogen-bond donors (Lipinski definition) is 0. The number of esters is 3. The summed E-state index contributed by atoms with van der Waals surface area (Å²) in [5.41, 5.74) is 0. The highest BCUT2D eigenvalue weighted by molar-refractivity contribution is 5.71. The average Bonchev–Trinajstić information content (AvgIpc) is 3.14. The number of rotatable bonds is 42. The van der Waals surface area contributed by atoms with E-state index >= 15 is 0 Å². The summed E-state index contributed by atoms with van der Waals surface area (Å²) >= 11 is 0. The topological polar surface area (TPSA) is 78.9 Å². The van der Waals surface area contributed by atoms with Gasteiger partial charge in [-0.25, -0.2) is 0 Å². The first-order valence-electron chi connectivity index (χ1n) is 23.4. The molecule has 0 N–H and O–H groups in total. The normalized spacial score (nSPS) is 11.9. The SMILES string of the molecule is CCCCCCCCCCCCCCCCCCC(=O)OC[C@H](COC(=O)CCCCCCCCCCCC(C)C)OC(=O)CCCCCCCCC. The van der Waals surface area contributed by atoms with Crippen LogP contribution in [0.2, 0.25) is 0 Å². The summed E-state index contributed by atoms with van der Waals surface area (Å²) in [6.07, 6.45) is 41.0. The smallest absolute Gasteiger partial charge is 0.306 e. The predicted octanol–water partition coefficient (Wildman–Crippen LogP) is 14.7. The van der Waals surface area contributed by atoms with Gasteiger partial charge in [0, 0.05) is 19.3 Å². The third-order valence-corrected chi connectivity index (χ3v) is 10.5. The zero-order valence-electron chi connectivity index (χ0n) is 36.0. The highest BCUT2D eigenvalue weighted by atomic mass is 16.6. The van der Waals surface area contributed by atoms with E-state index < -0.39 is 6.10 Å². The van der Waals surface area contributed by atoms with Crippen molar-refractivity contribution in [2.45, 2.75) is 265 Å². The molecule has 1 atom stereocenters. The Morgan fingerprint density at radius 1 is 0.358 bits per heavy atom. The van der Waals surface area contributed by atoms with Crippen molar-refractivity contribution in [3.8, 4) is 0 Å². The Kier molecular flexibility index (Phi) is 40.3. The molecule has 0 aromatic rings. The molecule has 0 aliphatic rings. The molecule has 53 heavy (non-hydrogen) atoms. The van der Waals surface area contributed by atoms with Gasteiger partial charge in [0.2, 0.25) is 0 Å². The molecule has 6 nitrogen and oxygen atoms in total. The summed E-state index contributed by atoms with van der Waals surface area (Å²) < 4.78 is 16.7. The van der Waals surface area contributed by atoms with E-state index in [1.165, 1.54) is 154 Å². The average molecular weight is 751 g/mol. The summed E-state index contributed by atoms with van der Waals surface area (Å²) in [6, 6.07) is 0. The van der Waals surface area contributed by atoms with Crippen molar-refractivity contribution in [1.29, 1.82) is 0 Å². The van der Waals surface area contributed by atoms with Gasteiger partial charge >= 0.3 is 17.9 Å².